The number of carbonyl (C=O) groups is 1. The summed E-state index contributed by atoms with van der Waals surface area (Å²) in [4.78, 5) is 20.6. The number of pyridine rings is 1. The van der Waals surface area contributed by atoms with Gasteiger partial charge in [0.25, 0.3) is 5.91 Å². The Morgan fingerprint density at radius 3 is 3.05 bits per heavy atom. The lowest BCUT2D eigenvalue weighted by atomic mass is 9.95. The second-order valence-corrected chi connectivity index (χ2v) is 5.79. The molecule has 3 rings (SSSR count). The normalized spacial score (nSPS) is 13.8. The molecule has 0 fully saturated rings. The number of thiazole rings is 1. The first-order valence-corrected chi connectivity index (χ1v) is 7.56. The molecule has 6 heteroatoms. The highest BCUT2D eigenvalue weighted by molar-refractivity contribution is 7.13. The molecule has 0 saturated heterocycles. The zero-order valence-electron chi connectivity index (χ0n) is 11.1. The number of carbonyl (C=O) groups excluding carboxylic acids is 1. The Morgan fingerprint density at radius 1 is 1.40 bits per heavy atom. The number of hydrogen-bond acceptors (Lipinski definition) is 5. The maximum absolute atomic E-state index is 12.1. The predicted molar refractivity (Wildman–Crippen MR) is 78.6 cm³/mol. The van der Waals surface area contributed by atoms with Crippen LogP contribution in [-0.4, -0.2) is 15.9 Å². The number of nitrogens with two attached hydrogens (primary N) is 1. The number of nitrogen functional groups attached to an aromatic ring is 1. The van der Waals surface area contributed by atoms with E-state index in [1.54, 1.807) is 6.20 Å². The van der Waals surface area contributed by atoms with Crippen molar-refractivity contribution in [1.29, 1.82) is 0 Å². The largest absolute Gasteiger partial charge is 0.375 e. The third-order valence-electron chi connectivity index (χ3n) is 3.43. The van der Waals surface area contributed by atoms with Gasteiger partial charge in [-0.25, -0.2) is 4.98 Å². The number of aromatic nitrogens is 2. The summed E-state index contributed by atoms with van der Waals surface area (Å²) in [6.45, 7) is 0.392. The molecule has 0 atom stereocenters. The maximum atomic E-state index is 12.1. The number of rotatable bonds is 3. The van der Waals surface area contributed by atoms with E-state index in [2.05, 4.69) is 15.3 Å². The van der Waals surface area contributed by atoms with E-state index in [1.165, 1.54) is 29.7 Å². The van der Waals surface area contributed by atoms with Crippen LogP contribution in [0.15, 0.2) is 17.6 Å². The van der Waals surface area contributed by atoms with Crippen molar-refractivity contribution in [2.45, 2.75) is 32.2 Å². The standard InChI is InChI=1S/C14H16N4OS/c15-14-18-11(8-20-14)7-17-13(19)10-5-9-3-1-2-4-12(9)16-6-10/h5-6,8H,1-4,7H2,(H2,15,18)(H,17,19). The molecule has 1 aliphatic rings. The van der Waals surface area contributed by atoms with Crippen LogP contribution in [0.5, 0.6) is 0 Å². The molecular formula is C14H16N4OS. The Balaban J connectivity index is 1.67. The fourth-order valence-corrected chi connectivity index (χ4v) is 2.95. The Bertz CT molecular complexity index is 638. The van der Waals surface area contributed by atoms with Crippen LogP contribution in [0.4, 0.5) is 5.13 Å². The van der Waals surface area contributed by atoms with Crippen molar-refractivity contribution in [3.8, 4) is 0 Å². The molecule has 1 amide bonds. The van der Waals surface area contributed by atoms with Crippen LogP contribution >= 0.6 is 11.3 Å². The van der Waals surface area contributed by atoms with Crippen molar-refractivity contribution in [1.82, 2.24) is 15.3 Å². The third kappa shape index (κ3) is 2.80. The average Bonchev–Trinajstić information content (AvgIpc) is 2.90. The maximum Gasteiger partial charge on any atom is 0.253 e. The van der Waals surface area contributed by atoms with E-state index in [1.807, 2.05) is 11.4 Å². The van der Waals surface area contributed by atoms with Gasteiger partial charge in [0, 0.05) is 17.3 Å². The van der Waals surface area contributed by atoms with Crippen molar-refractivity contribution in [3.05, 3.63) is 40.2 Å². The third-order valence-corrected chi connectivity index (χ3v) is 4.15. The van der Waals surface area contributed by atoms with Crippen LogP contribution in [0.2, 0.25) is 0 Å². The smallest absolute Gasteiger partial charge is 0.253 e. The Hall–Kier alpha value is -1.95. The van der Waals surface area contributed by atoms with Crippen LogP contribution < -0.4 is 11.1 Å². The Kier molecular flexibility index (Phi) is 3.64. The van der Waals surface area contributed by atoms with Gasteiger partial charge in [-0.05, 0) is 37.3 Å². The highest BCUT2D eigenvalue weighted by Gasteiger charge is 2.14. The lowest BCUT2D eigenvalue weighted by Gasteiger charge is -2.15. The molecule has 104 valence electrons. The lowest BCUT2D eigenvalue weighted by Crippen LogP contribution is -2.23. The number of anilines is 1. The molecule has 0 radical (unpaired) electrons. The van der Waals surface area contributed by atoms with E-state index >= 15 is 0 Å². The van der Waals surface area contributed by atoms with E-state index in [-0.39, 0.29) is 5.91 Å². The molecule has 3 N–H and O–H groups in total. The lowest BCUT2D eigenvalue weighted by molar-refractivity contribution is 0.0950. The molecule has 0 saturated carbocycles. The second kappa shape index (κ2) is 5.58. The minimum atomic E-state index is -0.113. The first-order chi connectivity index (χ1) is 9.72. The highest BCUT2D eigenvalue weighted by Crippen LogP contribution is 2.20. The Morgan fingerprint density at radius 2 is 2.25 bits per heavy atom. The summed E-state index contributed by atoms with van der Waals surface area (Å²) in [5.74, 6) is -0.113. The fourth-order valence-electron chi connectivity index (χ4n) is 2.39. The van der Waals surface area contributed by atoms with Gasteiger partial charge in [0.15, 0.2) is 5.13 Å². The van der Waals surface area contributed by atoms with E-state index in [9.17, 15) is 4.79 Å². The molecule has 0 aliphatic heterocycles. The van der Waals surface area contributed by atoms with E-state index in [0.717, 1.165) is 24.2 Å². The molecule has 20 heavy (non-hydrogen) atoms. The van der Waals surface area contributed by atoms with Crippen LogP contribution in [0.25, 0.3) is 0 Å². The zero-order valence-corrected chi connectivity index (χ0v) is 11.9. The molecule has 2 aromatic heterocycles. The summed E-state index contributed by atoms with van der Waals surface area (Å²) < 4.78 is 0. The molecule has 5 nitrogen and oxygen atoms in total. The highest BCUT2D eigenvalue weighted by atomic mass is 32.1. The molecular weight excluding hydrogens is 272 g/mol. The predicted octanol–water partition coefficient (Wildman–Crippen LogP) is 1.93. The molecule has 0 spiro atoms. The van der Waals surface area contributed by atoms with Gasteiger partial charge in [-0.2, -0.15) is 0 Å². The van der Waals surface area contributed by atoms with Gasteiger partial charge in [0.1, 0.15) is 0 Å². The summed E-state index contributed by atoms with van der Waals surface area (Å²) >= 11 is 1.37. The van der Waals surface area contributed by atoms with Crippen molar-refractivity contribution < 1.29 is 4.79 Å². The fraction of sp³-hybridized carbons (Fsp3) is 0.357. The van der Waals surface area contributed by atoms with E-state index < -0.39 is 0 Å². The summed E-state index contributed by atoms with van der Waals surface area (Å²) in [5.41, 5.74) is 9.31. The monoisotopic (exact) mass is 288 g/mol. The number of hydrogen-bond donors (Lipinski definition) is 2. The van der Waals surface area contributed by atoms with Crippen molar-refractivity contribution >= 4 is 22.4 Å². The summed E-state index contributed by atoms with van der Waals surface area (Å²) in [7, 11) is 0. The van der Waals surface area contributed by atoms with E-state index in [0.29, 0.717) is 17.2 Å². The molecule has 0 aromatic carbocycles. The first-order valence-electron chi connectivity index (χ1n) is 6.68. The molecule has 1 aliphatic carbocycles. The molecule has 0 bridgehead atoms. The minimum absolute atomic E-state index is 0.113. The van der Waals surface area contributed by atoms with Gasteiger partial charge in [-0.3, -0.25) is 9.78 Å². The van der Waals surface area contributed by atoms with Crippen molar-refractivity contribution in [2.24, 2.45) is 0 Å². The Labute approximate surface area is 121 Å². The number of aryl methyl sites for hydroxylation is 2. The van der Waals surface area contributed by atoms with Gasteiger partial charge in [0.2, 0.25) is 0 Å². The van der Waals surface area contributed by atoms with Gasteiger partial charge in [-0.15, -0.1) is 11.3 Å². The number of nitrogens with one attached hydrogen (secondary N) is 1. The van der Waals surface area contributed by atoms with Crippen LogP contribution in [0.1, 0.15) is 40.2 Å². The molecule has 2 aromatic rings. The van der Waals surface area contributed by atoms with Gasteiger partial charge >= 0.3 is 0 Å². The summed E-state index contributed by atoms with van der Waals surface area (Å²) in [6, 6.07) is 1.96. The molecule has 0 unspecified atom stereocenters. The zero-order chi connectivity index (χ0) is 13.9. The molecule has 2 heterocycles. The quantitative estimate of drug-likeness (QED) is 0.904. The van der Waals surface area contributed by atoms with Crippen LogP contribution in [0, 0.1) is 0 Å². The van der Waals surface area contributed by atoms with Crippen LogP contribution in [0.3, 0.4) is 0 Å². The average molecular weight is 288 g/mol. The summed E-state index contributed by atoms with van der Waals surface area (Å²) in [6.07, 6.45) is 6.07. The number of nitrogens with zero attached hydrogens (tertiary/aromatic N) is 2. The van der Waals surface area contributed by atoms with Gasteiger partial charge < -0.3 is 11.1 Å². The SMILES string of the molecule is Nc1nc(CNC(=O)c2cnc3c(c2)CCCC3)cs1. The number of fused-ring (bicyclic) bond motifs is 1. The second-order valence-electron chi connectivity index (χ2n) is 4.90. The topological polar surface area (TPSA) is 80.9 Å². The minimum Gasteiger partial charge on any atom is -0.375 e. The number of amides is 1. The van der Waals surface area contributed by atoms with Crippen molar-refractivity contribution in [3.63, 3.8) is 0 Å². The van der Waals surface area contributed by atoms with Crippen LogP contribution in [-0.2, 0) is 19.4 Å². The van der Waals surface area contributed by atoms with Gasteiger partial charge in [0.05, 0.1) is 17.8 Å². The van der Waals surface area contributed by atoms with Gasteiger partial charge in [-0.1, -0.05) is 0 Å². The van der Waals surface area contributed by atoms with E-state index in [4.69, 9.17) is 5.73 Å². The first kappa shape index (κ1) is 13.1. The summed E-state index contributed by atoms with van der Waals surface area (Å²) in [5, 5.41) is 5.21. The van der Waals surface area contributed by atoms with Crippen molar-refractivity contribution in [2.75, 3.05) is 5.73 Å².